The Labute approximate surface area is 132 Å². The Morgan fingerprint density at radius 3 is 2.77 bits per heavy atom. The smallest absolute Gasteiger partial charge is 0.288 e. The van der Waals surface area contributed by atoms with Crippen LogP contribution >= 0.6 is 11.6 Å². The highest BCUT2D eigenvalue weighted by atomic mass is 35.5. The largest absolute Gasteiger partial charge is 0.289 e. The summed E-state index contributed by atoms with van der Waals surface area (Å²) in [5, 5.41) is 15.0. The number of nitro benzene ring substituents is 1. The highest BCUT2D eigenvalue weighted by molar-refractivity contribution is 6.32. The third-order valence-corrected chi connectivity index (χ3v) is 3.33. The van der Waals surface area contributed by atoms with Gasteiger partial charge in [-0.05, 0) is 31.6 Å². The lowest BCUT2D eigenvalue weighted by atomic mass is 10.1. The maximum absolute atomic E-state index is 12.0. The summed E-state index contributed by atoms with van der Waals surface area (Å²) in [7, 11) is 0. The lowest BCUT2D eigenvalue weighted by Crippen LogP contribution is -2.00. The average Bonchev–Trinajstić information content (AvgIpc) is 2.95. The van der Waals surface area contributed by atoms with E-state index in [1.165, 1.54) is 30.5 Å². The molecule has 1 aromatic heterocycles. The van der Waals surface area contributed by atoms with E-state index in [-0.39, 0.29) is 22.5 Å². The number of halogens is 1. The molecule has 0 aliphatic heterocycles. The number of nitrogens with zero attached hydrogens (tertiary/aromatic N) is 3. The Morgan fingerprint density at radius 2 is 2.18 bits per heavy atom. The Morgan fingerprint density at radius 1 is 1.45 bits per heavy atom. The van der Waals surface area contributed by atoms with Crippen LogP contribution in [0, 0.1) is 10.1 Å². The van der Waals surface area contributed by atoms with Gasteiger partial charge in [0.25, 0.3) is 5.69 Å². The number of hydrogen-bond acceptors (Lipinski definition) is 4. The number of carbonyl (C=O) groups excluding carboxylic acids is 1. The van der Waals surface area contributed by atoms with Crippen LogP contribution in [0.15, 0.2) is 36.7 Å². The molecule has 0 spiro atoms. The first-order valence-corrected chi connectivity index (χ1v) is 6.97. The van der Waals surface area contributed by atoms with E-state index in [1.807, 2.05) is 13.8 Å². The van der Waals surface area contributed by atoms with Gasteiger partial charge in [0.1, 0.15) is 5.02 Å². The first kappa shape index (κ1) is 15.9. The molecule has 114 valence electrons. The van der Waals surface area contributed by atoms with Crippen molar-refractivity contribution in [1.82, 2.24) is 9.78 Å². The monoisotopic (exact) mass is 319 g/mol. The summed E-state index contributed by atoms with van der Waals surface area (Å²) < 4.78 is 1.69. The number of benzene rings is 1. The van der Waals surface area contributed by atoms with Crippen molar-refractivity contribution in [3.8, 4) is 0 Å². The molecule has 0 bridgehead atoms. The normalized spacial score (nSPS) is 11.3. The van der Waals surface area contributed by atoms with Gasteiger partial charge in [-0.1, -0.05) is 23.7 Å². The van der Waals surface area contributed by atoms with Crippen LogP contribution in [0.25, 0.3) is 6.08 Å². The van der Waals surface area contributed by atoms with E-state index >= 15 is 0 Å². The number of rotatable bonds is 5. The SMILES string of the molecule is CC(C)n1cc(C(=O)/C=C/c2ccc(Cl)c([N+](=O)[O-])c2)cn1. The van der Waals surface area contributed by atoms with E-state index in [0.717, 1.165) is 0 Å². The zero-order valence-corrected chi connectivity index (χ0v) is 12.8. The van der Waals surface area contributed by atoms with Gasteiger partial charge >= 0.3 is 0 Å². The predicted octanol–water partition coefficient (Wildman–Crippen LogP) is 3.92. The molecule has 2 aromatic rings. The van der Waals surface area contributed by atoms with Gasteiger partial charge in [-0.15, -0.1) is 0 Å². The molecular formula is C15H14ClN3O3. The fourth-order valence-electron chi connectivity index (χ4n) is 1.79. The minimum Gasteiger partial charge on any atom is -0.289 e. The zero-order chi connectivity index (χ0) is 16.3. The molecule has 0 saturated carbocycles. The number of carbonyl (C=O) groups is 1. The number of nitro groups is 1. The van der Waals surface area contributed by atoms with Gasteiger partial charge in [0.15, 0.2) is 5.78 Å². The summed E-state index contributed by atoms with van der Waals surface area (Å²) in [6, 6.07) is 4.53. The predicted molar refractivity (Wildman–Crippen MR) is 84.1 cm³/mol. The lowest BCUT2D eigenvalue weighted by Gasteiger charge is -2.02. The number of hydrogen-bond donors (Lipinski definition) is 0. The summed E-state index contributed by atoms with van der Waals surface area (Å²) in [5.41, 5.74) is 0.804. The maximum atomic E-state index is 12.0. The summed E-state index contributed by atoms with van der Waals surface area (Å²) in [5.74, 6) is -0.218. The summed E-state index contributed by atoms with van der Waals surface area (Å²) in [4.78, 5) is 22.3. The van der Waals surface area contributed by atoms with Crippen LogP contribution in [0.2, 0.25) is 5.02 Å². The van der Waals surface area contributed by atoms with Gasteiger partial charge in [0.05, 0.1) is 16.7 Å². The fraction of sp³-hybridized carbons (Fsp3) is 0.200. The number of allylic oxidation sites excluding steroid dienone is 1. The van der Waals surface area contributed by atoms with Crippen molar-refractivity contribution in [2.75, 3.05) is 0 Å². The van der Waals surface area contributed by atoms with Crippen molar-refractivity contribution in [3.05, 3.63) is 62.9 Å². The van der Waals surface area contributed by atoms with Crippen molar-refractivity contribution in [2.24, 2.45) is 0 Å². The molecule has 0 aliphatic rings. The van der Waals surface area contributed by atoms with Crippen LogP contribution < -0.4 is 0 Å². The second-order valence-corrected chi connectivity index (χ2v) is 5.38. The minimum absolute atomic E-state index is 0.0617. The van der Waals surface area contributed by atoms with Crippen LogP contribution in [0.4, 0.5) is 5.69 Å². The minimum atomic E-state index is -0.561. The Kier molecular flexibility index (Phi) is 4.72. The van der Waals surface area contributed by atoms with Crippen molar-refractivity contribution < 1.29 is 9.72 Å². The molecule has 0 saturated heterocycles. The van der Waals surface area contributed by atoms with Gasteiger partial charge in [-0.3, -0.25) is 19.6 Å². The van der Waals surface area contributed by atoms with E-state index in [2.05, 4.69) is 5.10 Å². The second-order valence-electron chi connectivity index (χ2n) is 4.97. The first-order valence-electron chi connectivity index (χ1n) is 6.59. The highest BCUT2D eigenvalue weighted by Crippen LogP contribution is 2.25. The first-order chi connectivity index (χ1) is 10.4. The molecule has 0 fully saturated rings. The van der Waals surface area contributed by atoms with Crippen molar-refractivity contribution in [2.45, 2.75) is 19.9 Å². The van der Waals surface area contributed by atoms with Crippen molar-refractivity contribution in [3.63, 3.8) is 0 Å². The van der Waals surface area contributed by atoms with Gasteiger partial charge in [-0.2, -0.15) is 5.10 Å². The molecule has 2 rings (SSSR count). The molecule has 0 unspecified atom stereocenters. The third-order valence-electron chi connectivity index (χ3n) is 3.01. The molecule has 7 heteroatoms. The van der Waals surface area contributed by atoms with Crippen LogP contribution in [0.3, 0.4) is 0 Å². The van der Waals surface area contributed by atoms with Crippen molar-refractivity contribution in [1.29, 1.82) is 0 Å². The van der Waals surface area contributed by atoms with E-state index in [4.69, 9.17) is 11.6 Å². The molecule has 0 aliphatic carbocycles. The quantitative estimate of drug-likeness (QED) is 0.362. The van der Waals surface area contributed by atoms with E-state index in [0.29, 0.717) is 11.1 Å². The van der Waals surface area contributed by atoms with E-state index in [1.54, 1.807) is 16.9 Å². The highest BCUT2D eigenvalue weighted by Gasteiger charge is 2.12. The van der Waals surface area contributed by atoms with Gasteiger partial charge in [0, 0.05) is 18.3 Å². The van der Waals surface area contributed by atoms with E-state index < -0.39 is 4.92 Å². The molecule has 1 aromatic carbocycles. The van der Waals surface area contributed by atoms with Crippen LogP contribution in [0.5, 0.6) is 0 Å². The van der Waals surface area contributed by atoms with Crippen LogP contribution in [-0.4, -0.2) is 20.5 Å². The summed E-state index contributed by atoms with van der Waals surface area (Å²) in [6.07, 6.45) is 6.03. The Bertz CT molecular complexity index is 750. The summed E-state index contributed by atoms with van der Waals surface area (Å²) >= 11 is 5.74. The van der Waals surface area contributed by atoms with Gasteiger partial charge < -0.3 is 0 Å². The van der Waals surface area contributed by atoms with Gasteiger partial charge in [-0.25, -0.2) is 0 Å². The fourth-order valence-corrected chi connectivity index (χ4v) is 1.98. The number of aromatic nitrogens is 2. The molecule has 0 radical (unpaired) electrons. The standard InChI is InChI=1S/C15H14ClN3O3/c1-10(2)18-9-12(8-17-18)15(20)6-4-11-3-5-13(16)14(7-11)19(21)22/h3-10H,1-2H3/b6-4+. The molecule has 0 atom stereocenters. The average molecular weight is 320 g/mol. The van der Waals surface area contributed by atoms with Crippen LogP contribution in [-0.2, 0) is 0 Å². The van der Waals surface area contributed by atoms with Crippen LogP contribution in [0.1, 0.15) is 35.8 Å². The molecule has 0 N–H and O–H groups in total. The number of ketones is 1. The molecule has 22 heavy (non-hydrogen) atoms. The second kappa shape index (κ2) is 6.53. The molecule has 0 amide bonds. The van der Waals surface area contributed by atoms with Gasteiger partial charge in [0.2, 0.25) is 0 Å². The Balaban J connectivity index is 2.18. The maximum Gasteiger partial charge on any atom is 0.288 e. The molecular weight excluding hydrogens is 306 g/mol. The van der Waals surface area contributed by atoms with E-state index in [9.17, 15) is 14.9 Å². The summed E-state index contributed by atoms with van der Waals surface area (Å²) in [6.45, 7) is 3.92. The molecule has 1 heterocycles. The lowest BCUT2D eigenvalue weighted by molar-refractivity contribution is -0.384. The Hall–Kier alpha value is -2.47. The van der Waals surface area contributed by atoms with Crippen molar-refractivity contribution >= 4 is 29.1 Å². The molecule has 6 nitrogen and oxygen atoms in total. The third kappa shape index (κ3) is 3.59. The zero-order valence-electron chi connectivity index (χ0n) is 12.1. The topological polar surface area (TPSA) is 78.0 Å².